The number of fused-ring (bicyclic) bond motifs is 1. The van der Waals surface area contributed by atoms with Crippen LogP contribution in [-0.2, 0) is 25.7 Å². The summed E-state index contributed by atoms with van der Waals surface area (Å²) in [6.45, 7) is 2.42. The van der Waals surface area contributed by atoms with Gasteiger partial charge in [-0.05, 0) is 30.7 Å². The van der Waals surface area contributed by atoms with Crippen LogP contribution in [0.5, 0.6) is 5.75 Å². The number of oxime groups is 1. The third-order valence-electron chi connectivity index (χ3n) is 5.80. The Morgan fingerprint density at radius 2 is 2.09 bits per heavy atom. The molecule has 1 unspecified atom stereocenters. The number of nitrogens with one attached hydrogen (secondary N) is 2. The zero-order valence-corrected chi connectivity index (χ0v) is 19.0. The maximum atomic E-state index is 12.8. The van der Waals surface area contributed by atoms with E-state index in [9.17, 15) is 9.59 Å². The van der Waals surface area contributed by atoms with Crippen LogP contribution < -0.4 is 15.4 Å². The van der Waals surface area contributed by atoms with Gasteiger partial charge in [0, 0.05) is 13.0 Å². The number of aliphatic hydroxyl groups excluding tert-OH is 1. The van der Waals surface area contributed by atoms with Crippen molar-refractivity contribution in [3.8, 4) is 5.75 Å². The van der Waals surface area contributed by atoms with Crippen molar-refractivity contribution in [3.63, 3.8) is 0 Å². The van der Waals surface area contributed by atoms with Crippen molar-refractivity contribution in [1.82, 2.24) is 15.3 Å². The number of hydrogen-bond acceptors (Lipinski definition) is 10. The number of carbonyl (C=O) groups excluding carboxylic acids is 2. The van der Waals surface area contributed by atoms with E-state index >= 15 is 0 Å². The van der Waals surface area contributed by atoms with Crippen LogP contribution in [-0.4, -0.2) is 77.3 Å². The second-order valence-electron chi connectivity index (χ2n) is 8.43. The molecule has 0 radical (unpaired) electrons. The average Bonchev–Trinajstić information content (AvgIpc) is 3.37. The molecule has 3 N–H and O–H groups in total. The molecule has 35 heavy (non-hydrogen) atoms. The lowest BCUT2D eigenvalue weighted by Gasteiger charge is -2.30. The predicted molar refractivity (Wildman–Crippen MR) is 121 cm³/mol. The number of carbonyl (C=O) groups is 2. The van der Waals surface area contributed by atoms with E-state index in [1.54, 1.807) is 25.1 Å². The Bertz CT molecular complexity index is 1160. The van der Waals surface area contributed by atoms with E-state index in [-0.39, 0.29) is 62.2 Å². The fraction of sp³-hybridized carbons (Fsp3) is 0.435. The summed E-state index contributed by atoms with van der Waals surface area (Å²) >= 11 is 0. The minimum Gasteiger partial charge on any atom is -0.482 e. The first-order valence-electron chi connectivity index (χ1n) is 11.2. The molecule has 2 aromatic rings. The number of ether oxygens (including phenoxy) is 3. The van der Waals surface area contributed by atoms with Crippen molar-refractivity contribution in [1.29, 1.82) is 0 Å². The number of anilines is 1. The van der Waals surface area contributed by atoms with E-state index in [0.717, 1.165) is 5.56 Å². The summed E-state index contributed by atoms with van der Waals surface area (Å²) in [5.74, 6) is 0.424. The van der Waals surface area contributed by atoms with Crippen LogP contribution >= 0.6 is 0 Å². The zero-order chi connectivity index (χ0) is 24.4. The lowest BCUT2D eigenvalue weighted by Crippen LogP contribution is -2.43. The van der Waals surface area contributed by atoms with E-state index in [1.165, 1.54) is 0 Å². The first kappa shape index (κ1) is 23.1. The van der Waals surface area contributed by atoms with Crippen LogP contribution in [0.4, 0.5) is 5.69 Å². The standard InChI is InChI=1S/C23H25N5O7/c1-12-25-15(16-6-20(35-28-16)21-10-32-14(8-29)9-33-21)5-18(26-12)23(31)24-7-13-2-3-19-17(4-13)27-22(30)11-34-19/h2-5,14,20-21,29H,6-11H2,1H3,(H,24,31)(H,27,30)/t14?,20-,21+/m0/s1. The number of aliphatic hydroxyl groups is 1. The Kier molecular flexibility index (Phi) is 6.57. The Labute approximate surface area is 200 Å². The summed E-state index contributed by atoms with van der Waals surface area (Å²) in [6, 6.07) is 6.91. The topological polar surface area (TPSA) is 153 Å². The van der Waals surface area contributed by atoms with E-state index in [1.807, 2.05) is 6.07 Å². The number of hydrogen-bond donors (Lipinski definition) is 3. The quantitative estimate of drug-likeness (QED) is 0.527. The number of nitrogens with zero attached hydrogens (tertiary/aromatic N) is 3. The Hall–Kier alpha value is -3.61. The van der Waals surface area contributed by atoms with Crippen molar-refractivity contribution >= 4 is 23.2 Å². The van der Waals surface area contributed by atoms with Gasteiger partial charge < -0.3 is 34.8 Å². The third-order valence-corrected chi connectivity index (χ3v) is 5.80. The van der Waals surface area contributed by atoms with Crippen LogP contribution in [0.2, 0.25) is 0 Å². The molecule has 1 aromatic heterocycles. The highest BCUT2D eigenvalue weighted by molar-refractivity contribution is 6.02. The van der Waals surface area contributed by atoms with Gasteiger partial charge in [-0.3, -0.25) is 9.59 Å². The zero-order valence-electron chi connectivity index (χ0n) is 19.0. The molecule has 0 aliphatic carbocycles. The van der Waals surface area contributed by atoms with Gasteiger partial charge in [-0.1, -0.05) is 11.2 Å². The van der Waals surface area contributed by atoms with Crippen molar-refractivity contribution in [3.05, 3.63) is 47.0 Å². The van der Waals surface area contributed by atoms with Crippen molar-refractivity contribution in [2.45, 2.75) is 38.2 Å². The lowest BCUT2D eigenvalue weighted by atomic mass is 10.0. The molecule has 12 heteroatoms. The van der Waals surface area contributed by atoms with Gasteiger partial charge in [-0.15, -0.1) is 0 Å². The second kappa shape index (κ2) is 9.94. The van der Waals surface area contributed by atoms with Gasteiger partial charge in [-0.2, -0.15) is 0 Å². The monoisotopic (exact) mass is 483 g/mol. The smallest absolute Gasteiger partial charge is 0.270 e. The van der Waals surface area contributed by atoms with Crippen LogP contribution in [0.15, 0.2) is 29.4 Å². The Morgan fingerprint density at radius 1 is 1.20 bits per heavy atom. The van der Waals surface area contributed by atoms with E-state index in [0.29, 0.717) is 41.7 Å². The third kappa shape index (κ3) is 5.24. The fourth-order valence-electron chi connectivity index (χ4n) is 3.97. The minimum atomic E-state index is -0.370. The molecule has 0 saturated carbocycles. The molecule has 1 fully saturated rings. The first-order chi connectivity index (χ1) is 17.0. The highest BCUT2D eigenvalue weighted by Gasteiger charge is 2.35. The predicted octanol–water partition coefficient (Wildman–Crippen LogP) is 0.315. The highest BCUT2D eigenvalue weighted by atomic mass is 16.7. The summed E-state index contributed by atoms with van der Waals surface area (Å²) in [6.07, 6.45) is -0.535. The Morgan fingerprint density at radius 3 is 2.89 bits per heavy atom. The van der Waals surface area contributed by atoms with Gasteiger partial charge in [-0.25, -0.2) is 9.97 Å². The molecular weight excluding hydrogens is 458 g/mol. The molecule has 1 aromatic carbocycles. The van der Waals surface area contributed by atoms with Gasteiger partial charge in [0.05, 0.1) is 31.2 Å². The van der Waals surface area contributed by atoms with Gasteiger partial charge in [0.15, 0.2) is 12.7 Å². The summed E-state index contributed by atoms with van der Waals surface area (Å²) in [5, 5.41) is 18.9. The Balaban J connectivity index is 1.21. The van der Waals surface area contributed by atoms with E-state index in [2.05, 4.69) is 25.8 Å². The summed E-state index contributed by atoms with van der Waals surface area (Å²) in [7, 11) is 0. The highest BCUT2D eigenvalue weighted by Crippen LogP contribution is 2.28. The molecule has 184 valence electrons. The maximum Gasteiger partial charge on any atom is 0.270 e. The van der Waals surface area contributed by atoms with Crippen molar-refractivity contribution in [2.75, 3.05) is 31.7 Å². The minimum absolute atomic E-state index is 0.0127. The van der Waals surface area contributed by atoms with Gasteiger partial charge >= 0.3 is 0 Å². The summed E-state index contributed by atoms with van der Waals surface area (Å²) in [4.78, 5) is 38.6. The number of benzene rings is 1. The van der Waals surface area contributed by atoms with Crippen LogP contribution in [0.1, 0.15) is 34.0 Å². The number of rotatable bonds is 6. The van der Waals surface area contributed by atoms with Gasteiger partial charge in [0.2, 0.25) is 0 Å². The molecule has 0 bridgehead atoms. The summed E-state index contributed by atoms with van der Waals surface area (Å²) in [5.41, 5.74) is 2.66. The number of amides is 2. The second-order valence-corrected chi connectivity index (χ2v) is 8.43. The lowest BCUT2D eigenvalue weighted by molar-refractivity contribution is -0.178. The van der Waals surface area contributed by atoms with Crippen molar-refractivity contribution < 1.29 is 33.7 Å². The van der Waals surface area contributed by atoms with Crippen LogP contribution in [0, 0.1) is 6.92 Å². The SMILES string of the molecule is Cc1nc(C(=O)NCc2ccc3c(c2)NC(=O)CO3)cc(C2=NO[C@H]([C@H]3COC(CO)CO3)C2)n1. The molecular formula is C23H25N5O7. The molecule has 3 aliphatic heterocycles. The van der Waals surface area contributed by atoms with Gasteiger partial charge in [0.1, 0.15) is 35.2 Å². The van der Waals surface area contributed by atoms with E-state index < -0.39 is 0 Å². The molecule has 12 nitrogen and oxygen atoms in total. The molecule has 3 atom stereocenters. The van der Waals surface area contributed by atoms with Crippen molar-refractivity contribution in [2.24, 2.45) is 5.16 Å². The van der Waals surface area contributed by atoms with E-state index in [4.69, 9.17) is 24.2 Å². The fourth-order valence-corrected chi connectivity index (χ4v) is 3.97. The maximum absolute atomic E-state index is 12.8. The van der Waals surface area contributed by atoms with Crippen LogP contribution in [0.25, 0.3) is 0 Å². The number of aryl methyl sites for hydroxylation is 1. The normalized spacial score (nSPS) is 23.4. The molecule has 4 heterocycles. The summed E-state index contributed by atoms with van der Waals surface area (Å²) < 4.78 is 16.6. The molecule has 1 saturated heterocycles. The average molecular weight is 483 g/mol. The largest absolute Gasteiger partial charge is 0.482 e. The molecule has 2 amide bonds. The number of aromatic nitrogens is 2. The molecule has 3 aliphatic rings. The van der Waals surface area contributed by atoms with Gasteiger partial charge in [0.25, 0.3) is 11.8 Å². The molecule has 0 spiro atoms. The molecule has 5 rings (SSSR count). The van der Waals surface area contributed by atoms with Crippen LogP contribution in [0.3, 0.4) is 0 Å². The first-order valence-corrected chi connectivity index (χ1v) is 11.2.